The fraction of sp³-hybridized carbons (Fsp3) is 0.467. The van der Waals surface area contributed by atoms with Gasteiger partial charge in [-0.15, -0.1) is 11.8 Å². The van der Waals surface area contributed by atoms with Crippen LogP contribution in [0.15, 0.2) is 23.1 Å². The first kappa shape index (κ1) is 15.9. The molecule has 0 aromatic heterocycles. The molecule has 0 bridgehead atoms. The van der Waals surface area contributed by atoms with Gasteiger partial charge in [0.2, 0.25) is 5.91 Å². The molecule has 0 aliphatic carbocycles. The largest absolute Gasteiger partial charge is 0.396 e. The number of nitrogens with zero attached hydrogens (tertiary/aromatic N) is 1. The number of carbonyl (C=O) groups excluding carboxylic acids is 2. The van der Waals surface area contributed by atoms with Crippen molar-refractivity contribution in [3.8, 4) is 0 Å². The molecule has 6 heteroatoms. The number of aliphatic hydroxyl groups excluding tert-OH is 1. The highest BCUT2D eigenvalue weighted by molar-refractivity contribution is 8.00. The Morgan fingerprint density at radius 3 is 2.90 bits per heavy atom. The molecule has 21 heavy (non-hydrogen) atoms. The van der Waals surface area contributed by atoms with Gasteiger partial charge in [-0.25, -0.2) is 0 Å². The SMILES string of the molecule is CC(C)N(CCCO)C(=O)c1ccc2c(c1)NC(=O)CS2. The first-order valence-electron chi connectivity index (χ1n) is 7.01. The van der Waals surface area contributed by atoms with Crippen LogP contribution < -0.4 is 5.32 Å². The van der Waals surface area contributed by atoms with Gasteiger partial charge < -0.3 is 15.3 Å². The summed E-state index contributed by atoms with van der Waals surface area (Å²) in [5, 5.41) is 11.7. The van der Waals surface area contributed by atoms with Gasteiger partial charge in [0.1, 0.15) is 0 Å². The molecular weight excluding hydrogens is 288 g/mol. The smallest absolute Gasteiger partial charge is 0.254 e. The summed E-state index contributed by atoms with van der Waals surface area (Å²) in [5.41, 5.74) is 1.26. The fourth-order valence-corrected chi connectivity index (χ4v) is 3.01. The first-order chi connectivity index (χ1) is 10.0. The summed E-state index contributed by atoms with van der Waals surface area (Å²) in [6.07, 6.45) is 0.557. The maximum atomic E-state index is 12.6. The van der Waals surface area contributed by atoms with Gasteiger partial charge in [0.25, 0.3) is 5.91 Å². The Morgan fingerprint density at radius 1 is 1.48 bits per heavy atom. The highest BCUT2D eigenvalue weighted by Gasteiger charge is 2.21. The molecule has 0 spiro atoms. The van der Waals surface area contributed by atoms with Gasteiger partial charge in [0.05, 0.1) is 11.4 Å². The van der Waals surface area contributed by atoms with Gasteiger partial charge in [0, 0.05) is 29.7 Å². The monoisotopic (exact) mass is 308 g/mol. The minimum absolute atomic E-state index is 0.0434. The van der Waals surface area contributed by atoms with Gasteiger partial charge in [0.15, 0.2) is 0 Å². The molecule has 5 nitrogen and oxygen atoms in total. The summed E-state index contributed by atoms with van der Waals surface area (Å²) >= 11 is 1.48. The van der Waals surface area contributed by atoms with Crippen molar-refractivity contribution in [2.45, 2.75) is 31.2 Å². The minimum Gasteiger partial charge on any atom is -0.396 e. The van der Waals surface area contributed by atoms with E-state index in [-0.39, 0.29) is 24.5 Å². The Kier molecular flexibility index (Phi) is 5.25. The predicted molar refractivity (Wildman–Crippen MR) is 83.7 cm³/mol. The number of anilines is 1. The van der Waals surface area contributed by atoms with Gasteiger partial charge in [-0.3, -0.25) is 9.59 Å². The molecule has 1 aliphatic rings. The second-order valence-corrected chi connectivity index (χ2v) is 6.23. The lowest BCUT2D eigenvalue weighted by atomic mass is 10.1. The summed E-state index contributed by atoms with van der Waals surface area (Å²) < 4.78 is 0. The van der Waals surface area contributed by atoms with Crippen LogP contribution in [-0.4, -0.2) is 46.8 Å². The van der Waals surface area contributed by atoms with Crippen LogP contribution in [0.4, 0.5) is 5.69 Å². The van der Waals surface area contributed by atoms with Crippen molar-refractivity contribution in [2.75, 3.05) is 24.2 Å². The maximum absolute atomic E-state index is 12.6. The third kappa shape index (κ3) is 3.77. The number of aliphatic hydroxyl groups is 1. The summed E-state index contributed by atoms with van der Waals surface area (Å²) in [6, 6.07) is 5.46. The van der Waals surface area contributed by atoms with Crippen LogP contribution in [0.5, 0.6) is 0 Å². The lowest BCUT2D eigenvalue weighted by Crippen LogP contribution is -2.38. The summed E-state index contributed by atoms with van der Waals surface area (Å²) in [6.45, 7) is 4.48. The number of hydrogen-bond acceptors (Lipinski definition) is 4. The lowest BCUT2D eigenvalue weighted by Gasteiger charge is -2.27. The van der Waals surface area contributed by atoms with E-state index in [1.54, 1.807) is 17.0 Å². The molecule has 1 heterocycles. The zero-order valence-electron chi connectivity index (χ0n) is 12.3. The van der Waals surface area contributed by atoms with Crippen LogP contribution in [0.25, 0.3) is 0 Å². The van der Waals surface area contributed by atoms with Crippen molar-refractivity contribution in [3.05, 3.63) is 23.8 Å². The molecule has 0 radical (unpaired) electrons. The Hall–Kier alpha value is -1.53. The second kappa shape index (κ2) is 6.95. The Morgan fingerprint density at radius 2 is 2.24 bits per heavy atom. The Bertz CT molecular complexity index is 546. The van der Waals surface area contributed by atoms with E-state index >= 15 is 0 Å². The number of benzene rings is 1. The van der Waals surface area contributed by atoms with Crippen LogP contribution in [0, 0.1) is 0 Å². The van der Waals surface area contributed by atoms with E-state index in [1.807, 2.05) is 19.9 Å². The van der Waals surface area contributed by atoms with Crippen molar-refractivity contribution in [1.82, 2.24) is 4.90 Å². The van der Waals surface area contributed by atoms with E-state index in [0.717, 1.165) is 4.90 Å². The molecule has 0 saturated heterocycles. The minimum atomic E-state index is -0.0777. The number of amides is 2. The normalized spacial score (nSPS) is 13.8. The molecule has 1 aromatic carbocycles. The fourth-order valence-electron chi connectivity index (χ4n) is 2.22. The van der Waals surface area contributed by atoms with Gasteiger partial charge in [-0.05, 0) is 38.5 Å². The third-order valence-electron chi connectivity index (χ3n) is 3.30. The molecule has 2 rings (SSSR count). The molecule has 1 aromatic rings. The van der Waals surface area contributed by atoms with E-state index in [0.29, 0.717) is 30.0 Å². The van der Waals surface area contributed by atoms with Crippen LogP contribution in [-0.2, 0) is 4.79 Å². The zero-order valence-corrected chi connectivity index (χ0v) is 13.1. The molecule has 0 atom stereocenters. The Labute approximate surface area is 128 Å². The highest BCUT2D eigenvalue weighted by Crippen LogP contribution is 2.32. The van der Waals surface area contributed by atoms with Crippen LogP contribution >= 0.6 is 11.8 Å². The number of carbonyl (C=O) groups is 2. The van der Waals surface area contributed by atoms with Crippen molar-refractivity contribution >= 4 is 29.3 Å². The molecule has 0 fully saturated rings. The zero-order chi connectivity index (χ0) is 15.4. The molecule has 114 valence electrons. The molecular formula is C15H20N2O3S. The predicted octanol–water partition coefficient (Wildman–Crippen LogP) is 1.96. The molecule has 2 N–H and O–H groups in total. The molecule has 0 unspecified atom stereocenters. The van der Waals surface area contributed by atoms with Crippen LogP contribution in [0.1, 0.15) is 30.6 Å². The Balaban J connectivity index is 2.21. The van der Waals surface area contributed by atoms with Crippen molar-refractivity contribution < 1.29 is 14.7 Å². The molecule has 0 saturated carbocycles. The lowest BCUT2D eigenvalue weighted by molar-refractivity contribution is -0.113. The number of thioether (sulfide) groups is 1. The standard InChI is InChI=1S/C15H20N2O3S/c1-10(2)17(6-3-7-18)15(20)11-4-5-13-12(8-11)16-14(19)9-21-13/h4-5,8,10,18H,3,6-7,9H2,1-2H3,(H,16,19). The van der Waals surface area contributed by atoms with E-state index in [1.165, 1.54) is 11.8 Å². The number of rotatable bonds is 5. The maximum Gasteiger partial charge on any atom is 0.254 e. The summed E-state index contributed by atoms with van der Waals surface area (Å²) in [5.74, 6) is 0.290. The van der Waals surface area contributed by atoms with Gasteiger partial charge >= 0.3 is 0 Å². The summed E-state index contributed by atoms with van der Waals surface area (Å²) in [4.78, 5) is 26.7. The average Bonchev–Trinajstić information content (AvgIpc) is 2.46. The number of fused-ring (bicyclic) bond motifs is 1. The second-order valence-electron chi connectivity index (χ2n) is 5.22. The van der Waals surface area contributed by atoms with Gasteiger partial charge in [-0.1, -0.05) is 0 Å². The van der Waals surface area contributed by atoms with E-state index in [4.69, 9.17) is 5.11 Å². The van der Waals surface area contributed by atoms with Crippen molar-refractivity contribution in [1.29, 1.82) is 0 Å². The number of hydrogen-bond donors (Lipinski definition) is 2. The third-order valence-corrected chi connectivity index (χ3v) is 4.37. The average molecular weight is 308 g/mol. The molecule has 2 amide bonds. The van der Waals surface area contributed by atoms with Crippen molar-refractivity contribution in [3.63, 3.8) is 0 Å². The van der Waals surface area contributed by atoms with Crippen molar-refractivity contribution in [2.24, 2.45) is 0 Å². The van der Waals surface area contributed by atoms with E-state index in [2.05, 4.69) is 5.32 Å². The topological polar surface area (TPSA) is 69.6 Å². The molecule has 1 aliphatic heterocycles. The summed E-state index contributed by atoms with van der Waals surface area (Å²) in [7, 11) is 0. The highest BCUT2D eigenvalue weighted by atomic mass is 32.2. The van der Waals surface area contributed by atoms with E-state index in [9.17, 15) is 9.59 Å². The van der Waals surface area contributed by atoms with Gasteiger partial charge in [-0.2, -0.15) is 0 Å². The van der Waals surface area contributed by atoms with E-state index < -0.39 is 0 Å². The quantitative estimate of drug-likeness (QED) is 0.872. The van der Waals surface area contributed by atoms with Crippen LogP contribution in [0.3, 0.4) is 0 Å². The first-order valence-corrected chi connectivity index (χ1v) is 8.00. The van der Waals surface area contributed by atoms with Crippen LogP contribution in [0.2, 0.25) is 0 Å². The number of nitrogens with one attached hydrogen (secondary N) is 1.